The Kier molecular flexibility index (Phi) is 4.88. The number of hydrogen-bond acceptors (Lipinski definition) is 3. The summed E-state index contributed by atoms with van der Waals surface area (Å²) in [6, 6.07) is 4.81. The van der Waals surface area contributed by atoms with Crippen LogP contribution in [0.1, 0.15) is 31.7 Å². The molecule has 4 nitrogen and oxygen atoms in total. The number of hydrogen-bond donors (Lipinski definition) is 0. The van der Waals surface area contributed by atoms with Crippen molar-refractivity contribution in [3.63, 3.8) is 0 Å². The molecule has 130 valence electrons. The molecule has 1 amide bonds. The summed E-state index contributed by atoms with van der Waals surface area (Å²) < 4.78 is 13.5. The van der Waals surface area contributed by atoms with E-state index in [0.29, 0.717) is 32.6 Å². The third-order valence-electron chi connectivity index (χ3n) is 5.06. The van der Waals surface area contributed by atoms with Crippen molar-refractivity contribution >= 4 is 17.4 Å². The first-order valence-electron chi connectivity index (χ1n) is 8.78. The lowest BCUT2D eigenvalue weighted by atomic mass is 10.0. The Labute approximate surface area is 142 Å². The van der Waals surface area contributed by atoms with Crippen molar-refractivity contribution in [2.45, 2.75) is 33.1 Å². The molecule has 0 N–H and O–H groups in total. The molecule has 1 aliphatic carbocycles. The minimum Gasteiger partial charge on any atom is -0.368 e. The fraction of sp³-hybridized carbons (Fsp3) is 0.579. The van der Waals surface area contributed by atoms with Crippen LogP contribution in [0, 0.1) is 24.6 Å². The molecule has 1 saturated carbocycles. The zero-order valence-corrected chi connectivity index (χ0v) is 14.4. The van der Waals surface area contributed by atoms with Crippen molar-refractivity contribution in [1.29, 1.82) is 0 Å². The predicted octanol–water partition coefficient (Wildman–Crippen LogP) is 2.79. The second kappa shape index (κ2) is 6.91. The monoisotopic (exact) mass is 332 g/mol. The van der Waals surface area contributed by atoms with E-state index in [2.05, 4.69) is 4.90 Å². The van der Waals surface area contributed by atoms with Crippen LogP contribution in [0.2, 0.25) is 0 Å². The molecular formula is C19H25FN2O2. The lowest BCUT2D eigenvalue weighted by molar-refractivity contribution is -0.137. The van der Waals surface area contributed by atoms with Crippen LogP contribution >= 0.6 is 0 Å². The van der Waals surface area contributed by atoms with Crippen LogP contribution in [0.5, 0.6) is 0 Å². The standard InChI is InChI=1S/C19H25FN2O2/c1-13-3-6-16(20)12-17(13)21-7-9-22(10-8-21)19(24)14(2)11-18(23)15-4-5-15/h3,6,12,14-15H,4-5,7-11H2,1-2H3. The number of aryl methyl sites for hydroxylation is 1. The molecule has 1 atom stereocenters. The smallest absolute Gasteiger partial charge is 0.225 e. The molecule has 2 aliphatic rings. The normalized spacial score (nSPS) is 19.3. The Morgan fingerprint density at radius 1 is 1.21 bits per heavy atom. The number of nitrogens with zero attached hydrogens (tertiary/aromatic N) is 2. The maximum atomic E-state index is 13.5. The quantitative estimate of drug-likeness (QED) is 0.832. The maximum absolute atomic E-state index is 13.5. The van der Waals surface area contributed by atoms with E-state index >= 15 is 0 Å². The summed E-state index contributed by atoms with van der Waals surface area (Å²) in [6.07, 6.45) is 2.35. The molecule has 0 bridgehead atoms. The van der Waals surface area contributed by atoms with E-state index in [-0.39, 0.29) is 29.3 Å². The van der Waals surface area contributed by atoms with E-state index in [0.717, 1.165) is 24.1 Å². The number of carbonyl (C=O) groups is 2. The van der Waals surface area contributed by atoms with Gasteiger partial charge in [0.15, 0.2) is 0 Å². The Morgan fingerprint density at radius 3 is 2.50 bits per heavy atom. The number of rotatable bonds is 5. The van der Waals surface area contributed by atoms with Crippen LogP contribution in [-0.4, -0.2) is 42.8 Å². The van der Waals surface area contributed by atoms with Gasteiger partial charge in [-0.2, -0.15) is 0 Å². The van der Waals surface area contributed by atoms with Gasteiger partial charge in [0, 0.05) is 50.1 Å². The summed E-state index contributed by atoms with van der Waals surface area (Å²) in [7, 11) is 0. The van der Waals surface area contributed by atoms with Crippen LogP contribution < -0.4 is 4.90 Å². The molecule has 2 fully saturated rings. The second-order valence-electron chi connectivity index (χ2n) is 7.09. The molecule has 1 heterocycles. The van der Waals surface area contributed by atoms with E-state index in [9.17, 15) is 14.0 Å². The van der Waals surface area contributed by atoms with Gasteiger partial charge >= 0.3 is 0 Å². The van der Waals surface area contributed by atoms with E-state index in [4.69, 9.17) is 0 Å². The molecule has 0 aromatic heterocycles. The molecule has 1 saturated heterocycles. The van der Waals surface area contributed by atoms with Gasteiger partial charge in [-0.05, 0) is 37.5 Å². The maximum Gasteiger partial charge on any atom is 0.225 e. The van der Waals surface area contributed by atoms with Crippen molar-refractivity contribution in [3.05, 3.63) is 29.6 Å². The van der Waals surface area contributed by atoms with Gasteiger partial charge in [-0.1, -0.05) is 13.0 Å². The fourth-order valence-corrected chi connectivity index (χ4v) is 3.36. The number of ketones is 1. The highest BCUT2D eigenvalue weighted by molar-refractivity contribution is 5.89. The van der Waals surface area contributed by atoms with Gasteiger partial charge in [0.2, 0.25) is 5.91 Å². The minimum absolute atomic E-state index is 0.0691. The molecule has 0 radical (unpaired) electrons. The van der Waals surface area contributed by atoms with Gasteiger partial charge in [-0.3, -0.25) is 9.59 Å². The lowest BCUT2D eigenvalue weighted by Crippen LogP contribution is -2.50. The molecule has 1 aromatic carbocycles. The fourth-order valence-electron chi connectivity index (χ4n) is 3.36. The number of anilines is 1. The minimum atomic E-state index is -0.236. The van der Waals surface area contributed by atoms with E-state index in [1.54, 1.807) is 12.1 Å². The third kappa shape index (κ3) is 3.77. The van der Waals surface area contributed by atoms with Crippen molar-refractivity contribution < 1.29 is 14.0 Å². The van der Waals surface area contributed by atoms with Gasteiger partial charge in [-0.15, -0.1) is 0 Å². The summed E-state index contributed by atoms with van der Waals surface area (Å²) >= 11 is 0. The van der Waals surface area contributed by atoms with Crippen LogP contribution in [0.25, 0.3) is 0 Å². The van der Waals surface area contributed by atoms with Crippen LogP contribution in [-0.2, 0) is 9.59 Å². The second-order valence-corrected chi connectivity index (χ2v) is 7.09. The molecule has 1 aliphatic heterocycles. The largest absolute Gasteiger partial charge is 0.368 e. The Bertz CT molecular complexity index is 634. The molecule has 1 aromatic rings. The number of amides is 1. The summed E-state index contributed by atoms with van der Waals surface area (Å²) in [4.78, 5) is 28.4. The van der Waals surface area contributed by atoms with Crippen molar-refractivity contribution in [1.82, 2.24) is 4.90 Å². The lowest BCUT2D eigenvalue weighted by Gasteiger charge is -2.37. The predicted molar refractivity (Wildman–Crippen MR) is 91.4 cm³/mol. The van der Waals surface area contributed by atoms with Gasteiger partial charge in [0.25, 0.3) is 0 Å². The summed E-state index contributed by atoms with van der Waals surface area (Å²) in [5.74, 6) is 0.0550. The first kappa shape index (κ1) is 16.9. The zero-order chi connectivity index (χ0) is 17.3. The topological polar surface area (TPSA) is 40.6 Å². The van der Waals surface area contributed by atoms with Crippen LogP contribution in [0.15, 0.2) is 18.2 Å². The molecule has 3 rings (SSSR count). The Hall–Kier alpha value is -1.91. The summed E-state index contributed by atoms with van der Waals surface area (Å²) in [5.41, 5.74) is 1.94. The van der Waals surface area contributed by atoms with Gasteiger partial charge in [-0.25, -0.2) is 4.39 Å². The summed E-state index contributed by atoms with van der Waals surface area (Å²) in [5, 5.41) is 0. The SMILES string of the molecule is Cc1ccc(F)cc1N1CCN(C(=O)C(C)CC(=O)C2CC2)CC1. The van der Waals surface area contributed by atoms with E-state index in [1.807, 2.05) is 18.7 Å². The Balaban J connectivity index is 1.55. The number of Topliss-reactive ketones (excluding diaryl/α,β-unsaturated/α-hetero) is 1. The van der Waals surface area contributed by atoms with Gasteiger partial charge in [0.1, 0.15) is 11.6 Å². The Morgan fingerprint density at radius 2 is 1.88 bits per heavy atom. The van der Waals surface area contributed by atoms with Crippen LogP contribution in [0.4, 0.5) is 10.1 Å². The average molecular weight is 332 g/mol. The molecule has 1 unspecified atom stereocenters. The molecular weight excluding hydrogens is 307 g/mol. The van der Waals surface area contributed by atoms with Crippen molar-refractivity contribution in [3.8, 4) is 0 Å². The zero-order valence-electron chi connectivity index (χ0n) is 14.4. The first-order chi connectivity index (χ1) is 11.5. The number of halogens is 1. The number of benzene rings is 1. The van der Waals surface area contributed by atoms with E-state index < -0.39 is 0 Å². The number of carbonyl (C=O) groups excluding carboxylic acids is 2. The molecule has 5 heteroatoms. The van der Waals surface area contributed by atoms with Crippen LogP contribution in [0.3, 0.4) is 0 Å². The highest BCUT2D eigenvalue weighted by Crippen LogP contribution is 2.32. The number of piperazine rings is 1. The summed E-state index contributed by atoms with van der Waals surface area (Å²) in [6.45, 7) is 6.45. The van der Waals surface area contributed by atoms with Crippen molar-refractivity contribution in [2.24, 2.45) is 11.8 Å². The van der Waals surface area contributed by atoms with E-state index in [1.165, 1.54) is 6.07 Å². The molecule has 24 heavy (non-hydrogen) atoms. The van der Waals surface area contributed by atoms with Gasteiger partial charge in [0.05, 0.1) is 0 Å². The molecule has 0 spiro atoms. The highest BCUT2D eigenvalue weighted by atomic mass is 19.1. The first-order valence-corrected chi connectivity index (χ1v) is 8.78. The van der Waals surface area contributed by atoms with Gasteiger partial charge < -0.3 is 9.80 Å². The highest BCUT2D eigenvalue weighted by Gasteiger charge is 2.33. The van der Waals surface area contributed by atoms with Crippen molar-refractivity contribution in [2.75, 3.05) is 31.1 Å². The average Bonchev–Trinajstić information content (AvgIpc) is 3.41. The third-order valence-corrected chi connectivity index (χ3v) is 5.06.